The summed E-state index contributed by atoms with van der Waals surface area (Å²) < 4.78 is 5.38. The van der Waals surface area contributed by atoms with Crippen molar-refractivity contribution >= 4 is 11.9 Å². The number of hydrogen-bond acceptors (Lipinski definition) is 4. The van der Waals surface area contributed by atoms with Crippen LogP contribution < -0.4 is 0 Å². The largest absolute Gasteiger partial charge is 0.481 e. The van der Waals surface area contributed by atoms with Crippen LogP contribution in [-0.4, -0.2) is 46.3 Å². The van der Waals surface area contributed by atoms with E-state index in [1.165, 1.54) is 0 Å². The first-order valence-corrected chi connectivity index (χ1v) is 8.61. The van der Waals surface area contributed by atoms with Crippen molar-refractivity contribution in [3.63, 3.8) is 0 Å². The van der Waals surface area contributed by atoms with Crippen molar-refractivity contribution in [2.24, 2.45) is 0 Å². The van der Waals surface area contributed by atoms with Crippen molar-refractivity contribution in [3.05, 3.63) is 71.8 Å². The topological polar surface area (TPSA) is 70.1 Å². The molecule has 2 aromatic carbocycles. The number of aliphatic carboxylic acids is 1. The predicted octanol–water partition coefficient (Wildman–Crippen LogP) is 2.31. The fraction of sp³-hybridized carbons (Fsp3) is 0.300. The van der Waals surface area contributed by atoms with Crippen molar-refractivity contribution in [2.75, 3.05) is 13.2 Å². The lowest BCUT2D eigenvalue weighted by atomic mass is 10.1. The van der Waals surface area contributed by atoms with Gasteiger partial charge in [0.2, 0.25) is 0 Å². The van der Waals surface area contributed by atoms with E-state index < -0.39 is 12.1 Å². The van der Waals surface area contributed by atoms with Crippen LogP contribution in [0.4, 0.5) is 0 Å². The molecule has 1 amide bonds. The van der Waals surface area contributed by atoms with Crippen molar-refractivity contribution in [1.29, 1.82) is 0 Å². The second-order valence-corrected chi connectivity index (χ2v) is 6.21. The standard InChI is InChI=1S/C20H22N2O4/c23-19(24)13-18-20(25)22(11-12-26-18)21(14-16-7-3-1-4-8-16)15-17-9-5-2-6-10-17/h1-10,18H,11-15H2,(H,23,24)/t18-/m0/s1. The Morgan fingerprint density at radius 1 is 1.04 bits per heavy atom. The lowest BCUT2D eigenvalue weighted by Gasteiger charge is -2.40. The first-order valence-electron chi connectivity index (χ1n) is 8.61. The molecule has 0 aromatic heterocycles. The van der Waals surface area contributed by atoms with Crippen LogP contribution in [0.1, 0.15) is 17.5 Å². The van der Waals surface area contributed by atoms with Gasteiger partial charge in [-0.25, -0.2) is 5.01 Å². The van der Waals surface area contributed by atoms with E-state index >= 15 is 0 Å². The third-order valence-electron chi connectivity index (χ3n) is 4.27. The summed E-state index contributed by atoms with van der Waals surface area (Å²) in [6, 6.07) is 19.8. The zero-order valence-electron chi connectivity index (χ0n) is 14.5. The summed E-state index contributed by atoms with van der Waals surface area (Å²) >= 11 is 0. The molecule has 1 atom stereocenters. The van der Waals surface area contributed by atoms with Crippen molar-refractivity contribution in [3.8, 4) is 0 Å². The SMILES string of the molecule is O=C(O)C[C@@H]1OCCN(N(Cc2ccccc2)Cc2ccccc2)C1=O. The summed E-state index contributed by atoms with van der Waals surface area (Å²) in [5.41, 5.74) is 2.16. The fourth-order valence-corrected chi connectivity index (χ4v) is 3.03. The Balaban J connectivity index is 1.81. The van der Waals surface area contributed by atoms with Crippen molar-refractivity contribution < 1.29 is 19.4 Å². The van der Waals surface area contributed by atoms with E-state index in [9.17, 15) is 9.59 Å². The monoisotopic (exact) mass is 354 g/mol. The molecule has 1 aliphatic rings. The van der Waals surface area contributed by atoms with Crippen LogP contribution in [0.3, 0.4) is 0 Å². The number of carbonyl (C=O) groups is 2. The molecule has 0 spiro atoms. The van der Waals surface area contributed by atoms with Gasteiger partial charge in [-0.2, -0.15) is 0 Å². The van der Waals surface area contributed by atoms with Gasteiger partial charge < -0.3 is 9.84 Å². The molecule has 26 heavy (non-hydrogen) atoms. The van der Waals surface area contributed by atoms with Crippen LogP contribution >= 0.6 is 0 Å². The number of nitrogens with zero attached hydrogens (tertiary/aromatic N) is 2. The van der Waals surface area contributed by atoms with E-state index in [1.54, 1.807) is 5.01 Å². The molecule has 1 saturated heterocycles. The maximum absolute atomic E-state index is 12.8. The summed E-state index contributed by atoms with van der Waals surface area (Å²) in [6.07, 6.45) is -1.25. The second kappa shape index (κ2) is 8.60. The van der Waals surface area contributed by atoms with Gasteiger partial charge in [-0.15, -0.1) is 0 Å². The molecule has 6 nitrogen and oxygen atoms in total. The fourth-order valence-electron chi connectivity index (χ4n) is 3.03. The normalized spacial score (nSPS) is 17.5. The maximum Gasteiger partial charge on any atom is 0.306 e. The molecule has 3 rings (SSSR count). The molecule has 1 aliphatic heterocycles. The van der Waals surface area contributed by atoms with Crippen LogP contribution in [0.5, 0.6) is 0 Å². The number of benzene rings is 2. The molecule has 1 N–H and O–H groups in total. The van der Waals surface area contributed by atoms with E-state index in [0.29, 0.717) is 26.2 Å². The molecular formula is C20H22N2O4. The smallest absolute Gasteiger partial charge is 0.306 e. The van der Waals surface area contributed by atoms with Crippen LogP contribution in [0.15, 0.2) is 60.7 Å². The average molecular weight is 354 g/mol. The van der Waals surface area contributed by atoms with Crippen LogP contribution in [-0.2, 0) is 27.4 Å². The summed E-state index contributed by atoms with van der Waals surface area (Å²) in [7, 11) is 0. The highest BCUT2D eigenvalue weighted by molar-refractivity contribution is 5.85. The van der Waals surface area contributed by atoms with E-state index in [1.807, 2.05) is 65.7 Å². The molecule has 0 saturated carbocycles. The zero-order chi connectivity index (χ0) is 18.4. The first-order chi connectivity index (χ1) is 12.6. The van der Waals surface area contributed by atoms with E-state index in [2.05, 4.69) is 0 Å². The van der Waals surface area contributed by atoms with E-state index in [0.717, 1.165) is 11.1 Å². The third-order valence-corrected chi connectivity index (χ3v) is 4.27. The van der Waals surface area contributed by atoms with Gasteiger partial charge in [-0.3, -0.25) is 14.6 Å². The molecule has 0 aliphatic carbocycles. The summed E-state index contributed by atoms with van der Waals surface area (Å²) in [4.78, 5) is 23.8. The van der Waals surface area contributed by atoms with Gasteiger partial charge in [0.25, 0.3) is 5.91 Å². The summed E-state index contributed by atoms with van der Waals surface area (Å²) in [5.74, 6) is -1.34. The first kappa shape index (κ1) is 18.1. The Kier molecular flexibility index (Phi) is 5.99. The van der Waals surface area contributed by atoms with Gasteiger partial charge in [-0.1, -0.05) is 60.7 Å². The molecule has 2 aromatic rings. The van der Waals surface area contributed by atoms with Gasteiger partial charge in [0.1, 0.15) is 6.10 Å². The number of ether oxygens (including phenoxy) is 1. The number of carbonyl (C=O) groups excluding carboxylic acids is 1. The zero-order valence-corrected chi connectivity index (χ0v) is 14.5. The molecular weight excluding hydrogens is 332 g/mol. The Bertz CT molecular complexity index is 694. The van der Waals surface area contributed by atoms with Gasteiger partial charge in [0.15, 0.2) is 0 Å². The maximum atomic E-state index is 12.8. The number of carboxylic acid groups (broad SMARTS) is 1. The Morgan fingerprint density at radius 3 is 2.08 bits per heavy atom. The minimum Gasteiger partial charge on any atom is -0.481 e. The van der Waals surface area contributed by atoms with Gasteiger partial charge >= 0.3 is 5.97 Å². The summed E-state index contributed by atoms with van der Waals surface area (Å²) in [5, 5.41) is 12.6. The van der Waals surface area contributed by atoms with Gasteiger partial charge in [0.05, 0.1) is 19.6 Å². The molecule has 6 heteroatoms. The molecule has 0 unspecified atom stereocenters. The highest BCUT2D eigenvalue weighted by atomic mass is 16.5. The Labute approximate surface area is 152 Å². The predicted molar refractivity (Wildman–Crippen MR) is 95.8 cm³/mol. The lowest BCUT2D eigenvalue weighted by Crippen LogP contribution is -2.55. The highest BCUT2D eigenvalue weighted by Crippen LogP contribution is 2.18. The molecule has 1 heterocycles. The van der Waals surface area contributed by atoms with E-state index in [-0.39, 0.29) is 12.3 Å². The number of carboxylic acids is 1. The number of hydrogen-bond donors (Lipinski definition) is 1. The minimum atomic E-state index is -1.04. The number of rotatable bonds is 7. The van der Waals surface area contributed by atoms with Crippen molar-refractivity contribution in [1.82, 2.24) is 10.0 Å². The van der Waals surface area contributed by atoms with Crippen LogP contribution in [0.25, 0.3) is 0 Å². The Morgan fingerprint density at radius 2 is 1.58 bits per heavy atom. The quantitative estimate of drug-likeness (QED) is 0.826. The highest BCUT2D eigenvalue weighted by Gasteiger charge is 2.34. The van der Waals surface area contributed by atoms with Crippen LogP contribution in [0, 0.1) is 0 Å². The van der Waals surface area contributed by atoms with Gasteiger partial charge in [-0.05, 0) is 11.1 Å². The Hall–Kier alpha value is -2.70. The average Bonchev–Trinajstić information content (AvgIpc) is 2.64. The van der Waals surface area contributed by atoms with Crippen LogP contribution in [0.2, 0.25) is 0 Å². The number of amides is 1. The molecule has 0 radical (unpaired) electrons. The number of hydrazine groups is 1. The molecule has 0 bridgehead atoms. The lowest BCUT2D eigenvalue weighted by molar-refractivity contribution is -0.182. The minimum absolute atomic E-state index is 0.300. The van der Waals surface area contributed by atoms with E-state index in [4.69, 9.17) is 9.84 Å². The molecule has 1 fully saturated rings. The third kappa shape index (κ3) is 4.68. The van der Waals surface area contributed by atoms with Crippen molar-refractivity contribution in [2.45, 2.75) is 25.6 Å². The van der Waals surface area contributed by atoms with Gasteiger partial charge in [0, 0.05) is 13.1 Å². The molecule has 136 valence electrons. The second-order valence-electron chi connectivity index (χ2n) is 6.21. The summed E-state index contributed by atoms with van der Waals surface area (Å²) in [6.45, 7) is 1.85. The number of morpholine rings is 1.